The van der Waals surface area contributed by atoms with Gasteiger partial charge < -0.3 is 10.5 Å². The van der Waals surface area contributed by atoms with Crippen LogP contribution in [0.1, 0.15) is 0 Å². The molecule has 6 nitrogen and oxygen atoms in total. The SMILES string of the molecule is COc1cc(-n2nc[nH]c2=O)ccc1N. The van der Waals surface area contributed by atoms with Crippen molar-refractivity contribution in [3.05, 3.63) is 35.0 Å². The Labute approximate surface area is 85.3 Å². The molecule has 2 aromatic rings. The van der Waals surface area contributed by atoms with Gasteiger partial charge in [0.25, 0.3) is 0 Å². The normalized spacial score (nSPS) is 10.2. The van der Waals surface area contributed by atoms with E-state index < -0.39 is 0 Å². The number of nitrogens with zero attached hydrogens (tertiary/aromatic N) is 2. The Kier molecular flexibility index (Phi) is 2.17. The third-order valence-electron chi connectivity index (χ3n) is 2.02. The number of rotatable bonds is 2. The molecule has 0 saturated carbocycles. The lowest BCUT2D eigenvalue weighted by atomic mass is 10.2. The third-order valence-corrected chi connectivity index (χ3v) is 2.02. The van der Waals surface area contributed by atoms with E-state index in [4.69, 9.17) is 10.5 Å². The van der Waals surface area contributed by atoms with Gasteiger partial charge in [0.2, 0.25) is 0 Å². The highest BCUT2D eigenvalue weighted by atomic mass is 16.5. The first kappa shape index (κ1) is 9.32. The van der Waals surface area contributed by atoms with Crippen molar-refractivity contribution in [3.63, 3.8) is 0 Å². The minimum atomic E-state index is -0.304. The topological polar surface area (TPSA) is 85.9 Å². The van der Waals surface area contributed by atoms with Crippen LogP contribution < -0.4 is 16.2 Å². The minimum absolute atomic E-state index is 0.304. The quantitative estimate of drug-likeness (QED) is 0.685. The van der Waals surface area contributed by atoms with Crippen molar-refractivity contribution in [2.24, 2.45) is 0 Å². The maximum Gasteiger partial charge on any atom is 0.347 e. The molecule has 15 heavy (non-hydrogen) atoms. The van der Waals surface area contributed by atoms with Crippen molar-refractivity contribution in [1.82, 2.24) is 14.8 Å². The highest BCUT2D eigenvalue weighted by molar-refractivity contribution is 5.57. The van der Waals surface area contributed by atoms with E-state index in [9.17, 15) is 4.79 Å². The fourth-order valence-electron chi connectivity index (χ4n) is 1.27. The molecule has 1 aromatic heterocycles. The molecule has 0 aliphatic rings. The van der Waals surface area contributed by atoms with E-state index in [1.54, 1.807) is 18.2 Å². The van der Waals surface area contributed by atoms with E-state index in [0.717, 1.165) is 0 Å². The summed E-state index contributed by atoms with van der Waals surface area (Å²) >= 11 is 0. The molecule has 0 bridgehead atoms. The Morgan fingerprint density at radius 3 is 2.93 bits per heavy atom. The second kappa shape index (κ2) is 3.49. The molecular weight excluding hydrogens is 196 g/mol. The maximum atomic E-state index is 11.3. The zero-order valence-electron chi connectivity index (χ0n) is 8.10. The monoisotopic (exact) mass is 206 g/mol. The Bertz CT molecular complexity index is 529. The number of aromatic amines is 1. The average molecular weight is 206 g/mol. The number of ether oxygens (including phenoxy) is 1. The zero-order chi connectivity index (χ0) is 10.8. The van der Waals surface area contributed by atoms with Crippen LogP contribution in [-0.2, 0) is 0 Å². The van der Waals surface area contributed by atoms with Gasteiger partial charge in [0.05, 0.1) is 18.5 Å². The summed E-state index contributed by atoms with van der Waals surface area (Å²) in [6, 6.07) is 5.01. The smallest absolute Gasteiger partial charge is 0.347 e. The highest BCUT2D eigenvalue weighted by Crippen LogP contribution is 2.22. The number of nitrogen functional groups attached to an aromatic ring is 1. The van der Waals surface area contributed by atoms with Crippen molar-refractivity contribution >= 4 is 5.69 Å². The van der Waals surface area contributed by atoms with Crippen molar-refractivity contribution in [3.8, 4) is 11.4 Å². The largest absolute Gasteiger partial charge is 0.495 e. The van der Waals surface area contributed by atoms with E-state index >= 15 is 0 Å². The molecule has 0 fully saturated rings. The fourth-order valence-corrected chi connectivity index (χ4v) is 1.27. The lowest BCUT2D eigenvalue weighted by molar-refractivity contribution is 0.416. The number of methoxy groups -OCH3 is 1. The van der Waals surface area contributed by atoms with Gasteiger partial charge in [0.15, 0.2) is 0 Å². The number of benzene rings is 1. The van der Waals surface area contributed by atoms with Gasteiger partial charge in [0.1, 0.15) is 12.1 Å². The molecule has 1 aromatic carbocycles. The standard InChI is InChI=1S/C9H10N4O2/c1-15-8-4-6(2-3-7(8)10)13-9(14)11-5-12-13/h2-5H,10H2,1H3,(H,11,12,14). The molecule has 3 N–H and O–H groups in total. The van der Waals surface area contributed by atoms with Crippen LogP contribution in [0, 0.1) is 0 Å². The molecule has 0 amide bonds. The Morgan fingerprint density at radius 2 is 2.33 bits per heavy atom. The lowest BCUT2D eigenvalue weighted by Crippen LogP contribution is -2.16. The first-order valence-corrected chi connectivity index (χ1v) is 4.29. The first-order valence-electron chi connectivity index (χ1n) is 4.29. The summed E-state index contributed by atoms with van der Waals surface area (Å²) in [6.07, 6.45) is 1.32. The van der Waals surface area contributed by atoms with Crippen molar-refractivity contribution in [2.45, 2.75) is 0 Å². The summed E-state index contributed by atoms with van der Waals surface area (Å²) in [4.78, 5) is 13.7. The van der Waals surface area contributed by atoms with Gasteiger partial charge in [-0.2, -0.15) is 9.78 Å². The third kappa shape index (κ3) is 1.56. The number of anilines is 1. The van der Waals surface area contributed by atoms with Crippen LogP contribution >= 0.6 is 0 Å². The molecule has 6 heteroatoms. The van der Waals surface area contributed by atoms with E-state index in [0.29, 0.717) is 17.1 Å². The van der Waals surface area contributed by atoms with E-state index in [-0.39, 0.29) is 5.69 Å². The summed E-state index contributed by atoms with van der Waals surface area (Å²) in [6.45, 7) is 0. The Hall–Kier alpha value is -2.24. The number of aromatic nitrogens is 3. The maximum absolute atomic E-state index is 11.3. The molecule has 0 atom stereocenters. The van der Waals surface area contributed by atoms with Crippen LogP contribution in [0.2, 0.25) is 0 Å². The van der Waals surface area contributed by atoms with Gasteiger partial charge in [-0.05, 0) is 12.1 Å². The van der Waals surface area contributed by atoms with Crippen molar-refractivity contribution in [1.29, 1.82) is 0 Å². The summed E-state index contributed by atoms with van der Waals surface area (Å²) in [7, 11) is 1.52. The lowest BCUT2D eigenvalue weighted by Gasteiger charge is -2.06. The molecule has 2 rings (SSSR count). The number of nitrogens with one attached hydrogen (secondary N) is 1. The van der Waals surface area contributed by atoms with E-state index in [2.05, 4.69) is 10.1 Å². The summed E-state index contributed by atoms with van der Waals surface area (Å²) in [5.41, 5.74) is 6.47. The van der Waals surface area contributed by atoms with Crippen LogP contribution in [0.4, 0.5) is 5.69 Å². The molecule has 0 saturated heterocycles. The van der Waals surface area contributed by atoms with Gasteiger partial charge in [-0.3, -0.25) is 4.98 Å². The summed E-state index contributed by atoms with van der Waals surface area (Å²) in [5, 5.41) is 3.84. The highest BCUT2D eigenvalue weighted by Gasteiger charge is 2.05. The Balaban J connectivity index is 2.55. The van der Waals surface area contributed by atoms with Gasteiger partial charge >= 0.3 is 5.69 Å². The van der Waals surface area contributed by atoms with Crippen LogP contribution in [0.3, 0.4) is 0 Å². The second-order valence-corrected chi connectivity index (χ2v) is 2.93. The van der Waals surface area contributed by atoms with Gasteiger partial charge in [-0.25, -0.2) is 4.79 Å². The molecule has 78 valence electrons. The van der Waals surface area contributed by atoms with Crippen molar-refractivity contribution < 1.29 is 4.74 Å². The van der Waals surface area contributed by atoms with Crippen LogP contribution in [0.25, 0.3) is 5.69 Å². The molecule has 0 aliphatic heterocycles. The molecule has 0 aliphatic carbocycles. The van der Waals surface area contributed by atoms with Gasteiger partial charge in [0, 0.05) is 6.07 Å². The molecule has 0 unspecified atom stereocenters. The predicted octanol–water partition coefficient (Wildman–Crippen LogP) is 0.151. The molecule has 1 heterocycles. The van der Waals surface area contributed by atoms with E-state index in [1.807, 2.05) is 0 Å². The number of hydrogen-bond donors (Lipinski definition) is 2. The van der Waals surface area contributed by atoms with Gasteiger partial charge in [-0.15, -0.1) is 0 Å². The number of nitrogens with two attached hydrogens (primary N) is 1. The molecule has 0 spiro atoms. The van der Waals surface area contributed by atoms with Crippen LogP contribution in [0.5, 0.6) is 5.75 Å². The van der Waals surface area contributed by atoms with E-state index in [1.165, 1.54) is 18.1 Å². The van der Waals surface area contributed by atoms with Crippen molar-refractivity contribution in [2.75, 3.05) is 12.8 Å². The minimum Gasteiger partial charge on any atom is -0.495 e. The molecule has 0 radical (unpaired) electrons. The summed E-state index contributed by atoms with van der Waals surface area (Å²) in [5.74, 6) is 0.516. The number of hydrogen-bond acceptors (Lipinski definition) is 4. The second-order valence-electron chi connectivity index (χ2n) is 2.93. The van der Waals surface area contributed by atoms with Crippen LogP contribution in [-0.4, -0.2) is 21.9 Å². The summed E-state index contributed by atoms with van der Waals surface area (Å²) < 4.78 is 6.27. The molecular formula is C9H10N4O2. The van der Waals surface area contributed by atoms with Crippen LogP contribution in [0.15, 0.2) is 29.3 Å². The number of H-pyrrole nitrogens is 1. The first-order chi connectivity index (χ1) is 7.22. The van der Waals surface area contributed by atoms with Gasteiger partial charge in [-0.1, -0.05) is 0 Å². The zero-order valence-corrected chi connectivity index (χ0v) is 8.10. The predicted molar refractivity (Wildman–Crippen MR) is 55.1 cm³/mol. The average Bonchev–Trinajstić information content (AvgIpc) is 2.65. The Morgan fingerprint density at radius 1 is 1.53 bits per heavy atom. The fraction of sp³-hybridized carbons (Fsp3) is 0.111.